The summed E-state index contributed by atoms with van der Waals surface area (Å²) in [5.41, 5.74) is 5.36. The van der Waals surface area contributed by atoms with E-state index in [0.29, 0.717) is 6.04 Å². The molecule has 2 aromatic rings. The summed E-state index contributed by atoms with van der Waals surface area (Å²) in [6, 6.07) is 13.5. The van der Waals surface area contributed by atoms with Gasteiger partial charge in [0.15, 0.2) is 0 Å². The van der Waals surface area contributed by atoms with E-state index in [-0.39, 0.29) is 0 Å². The van der Waals surface area contributed by atoms with Crippen molar-refractivity contribution in [2.75, 3.05) is 6.54 Å². The van der Waals surface area contributed by atoms with Gasteiger partial charge in [0, 0.05) is 15.0 Å². The first-order valence-electron chi connectivity index (χ1n) is 7.25. The number of likely N-dealkylation sites (N-methyl/N-ethyl adjacent to an activating group) is 1. The summed E-state index contributed by atoms with van der Waals surface area (Å²) in [5, 5.41) is 3.62. The van der Waals surface area contributed by atoms with Gasteiger partial charge in [-0.3, -0.25) is 0 Å². The van der Waals surface area contributed by atoms with Gasteiger partial charge in [0.1, 0.15) is 0 Å². The van der Waals surface area contributed by atoms with Crippen LogP contribution in [0.1, 0.15) is 35.2 Å². The molecule has 1 atom stereocenters. The normalized spacial score (nSPS) is 12.4. The Hall–Kier alpha value is -0.640. The largest absolute Gasteiger partial charge is 0.310 e. The molecule has 3 heteroatoms. The Labute approximate surface area is 144 Å². The Morgan fingerprint density at radius 3 is 2.29 bits per heavy atom. The fourth-order valence-corrected chi connectivity index (χ4v) is 3.30. The van der Waals surface area contributed by atoms with Crippen LogP contribution in [0, 0.1) is 13.8 Å². The second kappa shape index (κ2) is 7.57. The van der Waals surface area contributed by atoms with Crippen molar-refractivity contribution in [1.29, 1.82) is 0 Å². The van der Waals surface area contributed by atoms with E-state index >= 15 is 0 Å². The van der Waals surface area contributed by atoms with E-state index in [1.165, 1.54) is 26.7 Å². The predicted octanol–water partition coefficient (Wildman–Crippen LogP) is 5.72. The molecular weight excluding hydrogens is 390 g/mol. The molecule has 0 saturated carbocycles. The van der Waals surface area contributed by atoms with Crippen LogP contribution in [0.2, 0.25) is 0 Å². The Morgan fingerprint density at radius 2 is 1.67 bits per heavy atom. The number of rotatable bonds is 5. The van der Waals surface area contributed by atoms with E-state index in [1.807, 2.05) is 0 Å². The molecule has 0 fully saturated rings. The maximum absolute atomic E-state index is 3.62. The van der Waals surface area contributed by atoms with Gasteiger partial charge in [-0.25, -0.2) is 0 Å². The van der Waals surface area contributed by atoms with Crippen LogP contribution in [0.25, 0.3) is 0 Å². The van der Waals surface area contributed by atoms with Crippen molar-refractivity contribution >= 4 is 31.9 Å². The second-order valence-corrected chi connectivity index (χ2v) is 7.17. The molecule has 0 aromatic heterocycles. The first-order valence-corrected chi connectivity index (χ1v) is 8.84. The molecular formula is C18H21Br2N. The zero-order valence-corrected chi connectivity index (χ0v) is 15.9. The zero-order valence-electron chi connectivity index (χ0n) is 12.7. The topological polar surface area (TPSA) is 12.0 Å². The minimum atomic E-state index is 0.350. The number of nitrogens with one attached hydrogen (secondary N) is 1. The van der Waals surface area contributed by atoms with Crippen LogP contribution >= 0.6 is 31.9 Å². The molecule has 0 radical (unpaired) electrons. The molecule has 0 heterocycles. The summed E-state index contributed by atoms with van der Waals surface area (Å²) in [4.78, 5) is 0. The number of aryl methyl sites for hydroxylation is 2. The van der Waals surface area contributed by atoms with E-state index in [0.717, 1.165) is 17.4 Å². The lowest BCUT2D eigenvalue weighted by Crippen LogP contribution is -2.24. The van der Waals surface area contributed by atoms with Crippen LogP contribution in [0.3, 0.4) is 0 Å². The quantitative estimate of drug-likeness (QED) is 0.664. The first kappa shape index (κ1) is 16.7. The standard InChI is InChI=1S/C18H21Br2N/c1-4-21-18(11-14-5-7-15(19)8-6-14)16-9-13(3)17(20)10-12(16)2/h5-10,18,21H,4,11H2,1-3H3. The minimum absolute atomic E-state index is 0.350. The summed E-state index contributed by atoms with van der Waals surface area (Å²) in [6.07, 6.45) is 1.00. The Balaban J connectivity index is 2.30. The molecule has 0 spiro atoms. The van der Waals surface area contributed by atoms with Crippen LogP contribution in [0.4, 0.5) is 0 Å². The van der Waals surface area contributed by atoms with Crippen LogP contribution < -0.4 is 5.32 Å². The van der Waals surface area contributed by atoms with Crippen LogP contribution in [0.5, 0.6) is 0 Å². The maximum atomic E-state index is 3.62. The molecule has 0 bridgehead atoms. The van der Waals surface area contributed by atoms with Crippen LogP contribution in [-0.4, -0.2) is 6.54 Å². The summed E-state index contributed by atoms with van der Waals surface area (Å²) < 4.78 is 2.31. The minimum Gasteiger partial charge on any atom is -0.310 e. The van der Waals surface area contributed by atoms with Crippen molar-refractivity contribution in [3.05, 3.63) is 67.6 Å². The molecule has 0 amide bonds. The summed E-state index contributed by atoms with van der Waals surface area (Å²) in [7, 11) is 0. The predicted molar refractivity (Wildman–Crippen MR) is 97.9 cm³/mol. The van der Waals surface area contributed by atoms with Crippen molar-refractivity contribution in [1.82, 2.24) is 5.32 Å². The lowest BCUT2D eigenvalue weighted by molar-refractivity contribution is 0.547. The van der Waals surface area contributed by atoms with Crippen molar-refractivity contribution in [2.24, 2.45) is 0 Å². The molecule has 0 aliphatic rings. The van der Waals surface area contributed by atoms with Gasteiger partial charge in [-0.15, -0.1) is 0 Å². The summed E-state index contributed by atoms with van der Waals surface area (Å²) in [5.74, 6) is 0. The summed E-state index contributed by atoms with van der Waals surface area (Å²) >= 11 is 7.11. The van der Waals surface area contributed by atoms with Gasteiger partial charge < -0.3 is 5.32 Å². The molecule has 0 aliphatic carbocycles. The van der Waals surface area contributed by atoms with Gasteiger partial charge >= 0.3 is 0 Å². The SMILES string of the molecule is CCNC(Cc1ccc(Br)cc1)c1cc(C)c(Br)cc1C. The van der Waals surface area contributed by atoms with Gasteiger partial charge in [0.2, 0.25) is 0 Å². The highest BCUT2D eigenvalue weighted by Gasteiger charge is 2.15. The van der Waals surface area contributed by atoms with Crippen molar-refractivity contribution in [3.63, 3.8) is 0 Å². The fraction of sp³-hybridized carbons (Fsp3) is 0.333. The van der Waals surface area contributed by atoms with Crippen LogP contribution in [0.15, 0.2) is 45.3 Å². The van der Waals surface area contributed by atoms with Gasteiger partial charge in [-0.05, 0) is 67.3 Å². The van der Waals surface area contributed by atoms with Gasteiger partial charge in [0.05, 0.1) is 0 Å². The number of halogens is 2. The fourth-order valence-electron chi connectivity index (χ4n) is 2.57. The highest BCUT2D eigenvalue weighted by atomic mass is 79.9. The molecule has 2 aromatic carbocycles. The molecule has 0 aliphatic heterocycles. The number of benzene rings is 2. The lowest BCUT2D eigenvalue weighted by Gasteiger charge is -2.22. The molecule has 1 N–H and O–H groups in total. The average molecular weight is 411 g/mol. The lowest BCUT2D eigenvalue weighted by atomic mass is 9.94. The Morgan fingerprint density at radius 1 is 1.00 bits per heavy atom. The van der Waals surface area contributed by atoms with E-state index < -0.39 is 0 Å². The zero-order chi connectivity index (χ0) is 15.4. The molecule has 1 nitrogen and oxygen atoms in total. The summed E-state index contributed by atoms with van der Waals surface area (Å²) in [6.45, 7) is 7.46. The highest BCUT2D eigenvalue weighted by Crippen LogP contribution is 2.27. The van der Waals surface area contributed by atoms with Crippen molar-refractivity contribution in [2.45, 2.75) is 33.2 Å². The number of hydrogen-bond acceptors (Lipinski definition) is 1. The molecule has 21 heavy (non-hydrogen) atoms. The van der Waals surface area contributed by atoms with Gasteiger partial charge in [-0.2, -0.15) is 0 Å². The molecule has 0 saturated heterocycles. The molecule has 112 valence electrons. The van der Waals surface area contributed by atoms with E-state index in [9.17, 15) is 0 Å². The van der Waals surface area contributed by atoms with E-state index in [2.05, 4.69) is 94.3 Å². The van der Waals surface area contributed by atoms with Crippen molar-refractivity contribution < 1.29 is 0 Å². The van der Waals surface area contributed by atoms with Gasteiger partial charge in [-0.1, -0.05) is 57.0 Å². The highest BCUT2D eigenvalue weighted by molar-refractivity contribution is 9.10. The van der Waals surface area contributed by atoms with E-state index in [4.69, 9.17) is 0 Å². The van der Waals surface area contributed by atoms with Crippen LogP contribution in [-0.2, 0) is 6.42 Å². The van der Waals surface area contributed by atoms with Crippen molar-refractivity contribution in [3.8, 4) is 0 Å². The Kier molecular flexibility index (Phi) is 6.03. The molecule has 2 rings (SSSR count). The second-order valence-electron chi connectivity index (χ2n) is 5.40. The number of hydrogen-bond donors (Lipinski definition) is 1. The smallest absolute Gasteiger partial charge is 0.0363 e. The third-order valence-electron chi connectivity index (χ3n) is 3.73. The average Bonchev–Trinajstić information content (AvgIpc) is 2.45. The van der Waals surface area contributed by atoms with Gasteiger partial charge in [0.25, 0.3) is 0 Å². The van der Waals surface area contributed by atoms with E-state index in [1.54, 1.807) is 0 Å². The first-order chi connectivity index (χ1) is 10.0. The third-order valence-corrected chi connectivity index (χ3v) is 5.11. The molecule has 1 unspecified atom stereocenters. The third kappa shape index (κ3) is 4.41. The monoisotopic (exact) mass is 409 g/mol. The maximum Gasteiger partial charge on any atom is 0.0363 e. The Bertz CT molecular complexity index is 605.